The van der Waals surface area contributed by atoms with Crippen LogP contribution in [0.2, 0.25) is 0 Å². The number of ether oxygens (including phenoxy) is 1. The van der Waals surface area contributed by atoms with Crippen molar-refractivity contribution in [3.63, 3.8) is 0 Å². The minimum absolute atomic E-state index is 0.0805. The molecule has 1 nitrogen and oxygen atoms in total. The molecule has 184 valence electrons. The van der Waals surface area contributed by atoms with Crippen LogP contribution in [0.4, 0.5) is 13.2 Å². The van der Waals surface area contributed by atoms with Crippen molar-refractivity contribution in [2.45, 2.75) is 90.4 Å². The second-order valence-corrected chi connectivity index (χ2v) is 10.9. The van der Waals surface area contributed by atoms with E-state index in [1.165, 1.54) is 57.8 Å². The first-order valence-corrected chi connectivity index (χ1v) is 13.5. The molecule has 0 N–H and O–H groups in total. The molecule has 0 spiro atoms. The van der Waals surface area contributed by atoms with E-state index in [1.807, 2.05) is 0 Å². The van der Waals surface area contributed by atoms with Crippen molar-refractivity contribution >= 4 is 0 Å². The van der Waals surface area contributed by atoms with Crippen LogP contribution in [0.15, 0.2) is 18.2 Å². The number of rotatable bonds is 8. The van der Waals surface area contributed by atoms with E-state index in [1.54, 1.807) is 18.2 Å². The Bertz CT molecular complexity index is 1020. The van der Waals surface area contributed by atoms with Gasteiger partial charge in [0, 0.05) is 11.1 Å². The van der Waals surface area contributed by atoms with E-state index in [0.717, 1.165) is 25.2 Å². The number of hydrogen-bond donors (Lipinski definition) is 0. The summed E-state index contributed by atoms with van der Waals surface area (Å²) in [5.41, 5.74) is 1.98. The first-order chi connectivity index (χ1) is 16.6. The Morgan fingerprint density at radius 1 is 0.735 bits per heavy atom. The minimum atomic E-state index is -0.908. The van der Waals surface area contributed by atoms with Crippen molar-refractivity contribution < 1.29 is 17.9 Å². The molecule has 0 unspecified atom stereocenters. The topological polar surface area (TPSA) is 9.23 Å². The molecular weight excluding hydrogens is 433 g/mol. The SMILES string of the molecule is CCCC1CCC(COc2ccc3c(c2F)-c2c-3cc(CCC3CCCCC3)c(F)c2F)CC1. The van der Waals surface area contributed by atoms with E-state index in [9.17, 15) is 4.39 Å². The van der Waals surface area contributed by atoms with Gasteiger partial charge < -0.3 is 4.74 Å². The minimum Gasteiger partial charge on any atom is -0.490 e. The van der Waals surface area contributed by atoms with E-state index < -0.39 is 17.5 Å². The lowest BCUT2D eigenvalue weighted by atomic mass is 9.77. The second kappa shape index (κ2) is 10.3. The second-order valence-electron chi connectivity index (χ2n) is 10.9. The highest BCUT2D eigenvalue weighted by molar-refractivity contribution is 6.03. The number of fused-ring (bicyclic) bond motifs is 4. The highest BCUT2D eigenvalue weighted by atomic mass is 19.2. The molecule has 5 rings (SSSR count). The van der Waals surface area contributed by atoms with Crippen LogP contribution in [0.25, 0.3) is 22.3 Å². The highest BCUT2D eigenvalue weighted by Gasteiger charge is 2.34. The predicted molar refractivity (Wildman–Crippen MR) is 131 cm³/mol. The lowest BCUT2D eigenvalue weighted by Gasteiger charge is -2.30. The van der Waals surface area contributed by atoms with Crippen molar-refractivity contribution in [2.24, 2.45) is 17.8 Å². The Morgan fingerprint density at radius 3 is 2.15 bits per heavy atom. The Hall–Kier alpha value is -1.97. The van der Waals surface area contributed by atoms with Gasteiger partial charge in [0.05, 0.1) is 6.61 Å². The Balaban J connectivity index is 1.26. The number of aryl methyl sites for hydroxylation is 1. The molecule has 3 aliphatic carbocycles. The van der Waals surface area contributed by atoms with Crippen LogP contribution in [-0.4, -0.2) is 6.61 Å². The van der Waals surface area contributed by atoms with E-state index in [2.05, 4.69) is 6.92 Å². The van der Waals surface area contributed by atoms with Gasteiger partial charge in [0.15, 0.2) is 23.2 Å². The maximum atomic E-state index is 15.3. The van der Waals surface area contributed by atoms with Crippen molar-refractivity contribution in [1.82, 2.24) is 0 Å². The van der Waals surface area contributed by atoms with Crippen LogP contribution in [0.5, 0.6) is 5.75 Å². The average molecular weight is 471 g/mol. The summed E-state index contributed by atoms with van der Waals surface area (Å²) in [7, 11) is 0. The molecule has 0 atom stereocenters. The molecule has 0 aromatic heterocycles. The van der Waals surface area contributed by atoms with Gasteiger partial charge in [-0.05, 0) is 78.3 Å². The van der Waals surface area contributed by atoms with Crippen LogP contribution in [0.3, 0.4) is 0 Å². The first kappa shape index (κ1) is 23.8. The van der Waals surface area contributed by atoms with Gasteiger partial charge in [-0.25, -0.2) is 13.2 Å². The summed E-state index contributed by atoms with van der Waals surface area (Å²) in [4.78, 5) is 0. The molecule has 2 aromatic carbocycles. The third-order valence-electron chi connectivity index (χ3n) is 8.61. The zero-order chi connectivity index (χ0) is 23.7. The number of hydrogen-bond acceptors (Lipinski definition) is 1. The molecule has 0 aliphatic heterocycles. The van der Waals surface area contributed by atoms with Crippen LogP contribution < -0.4 is 4.74 Å². The van der Waals surface area contributed by atoms with Crippen LogP contribution in [0.1, 0.15) is 89.5 Å². The highest BCUT2D eigenvalue weighted by Crippen LogP contribution is 2.53. The van der Waals surface area contributed by atoms with Gasteiger partial charge in [-0.1, -0.05) is 64.7 Å². The largest absolute Gasteiger partial charge is 0.490 e. The first-order valence-electron chi connectivity index (χ1n) is 13.5. The summed E-state index contributed by atoms with van der Waals surface area (Å²) >= 11 is 0. The van der Waals surface area contributed by atoms with Crippen molar-refractivity contribution in [3.8, 4) is 28.0 Å². The monoisotopic (exact) mass is 470 g/mol. The lowest BCUT2D eigenvalue weighted by Crippen LogP contribution is -2.20. The molecule has 0 amide bonds. The van der Waals surface area contributed by atoms with Gasteiger partial charge in [-0.15, -0.1) is 0 Å². The van der Waals surface area contributed by atoms with Gasteiger partial charge in [0.2, 0.25) is 0 Å². The smallest absolute Gasteiger partial charge is 0.173 e. The fourth-order valence-electron chi connectivity index (χ4n) is 6.53. The molecule has 0 heterocycles. The van der Waals surface area contributed by atoms with Crippen molar-refractivity contribution in [2.75, 3.05) is 6.61 Å². The Morgan fingerprint density at radius 2 is 1.41 bits per heavy atom. The maximum Gasteiger partial charge on any atom is 0.173 e. The fourth-order valence-corrected chi connectivity index (χ4v) is 6.53. The molecule has 4 heteroatoms. The molecule has 2 aromatic rings. The van der Waals surface area contributed by atoms with Gasteiger partial charge in [-0.3, -0.25) is 0 Å². The normalized spacial score (nSPS) is 22.1. The third-order valence-corrected chi connectivity index (χ3v) is 8.61. The number of benzene rings is 2. The Labute approximate surface area is 202 Å². The van der Waals surface area contributed by atoms with Gasteiger partial charge in [0.1, 0.15) is 0 Å². The van der Waals surface area contributed by atoms with Crippen LogP contribution in [-0.2, 0) is 6.42 Å². The van der Waals surface area contributed by atoms with E-state index in [-0.39, 0.29) is 16.9 Å². The summed E-state index contributed by atoms with van der Waals surface area (Å²) in [5, 5.41) is 0. The maximum absolute atomic E-state index is 15.3. The molecule has 2 fully saturated rings. The van der Waals surface area contributed by atoms with Gasteiger partial charge in [0.25, 0.3) is 0 Å². The zero-order valence-electron chi connectivity index (χ0n) is 20.4. The molecule has 0 radical (unpaired) electrons. The van der Waals surface area contributed by atoms with E-state index in [4.69, 9.17) is 4.74 Å². The summed E-state index contributed by atoms with van der Waals surface area (Å²) in [6, 6.07) is 5.20. The lowest BCUT2D eigenvalue weighted by molar-refractivity contribution is 0.174. The van der Waals surface area contributed by atoms with Crippen molar-refractivity contribution in [3.05, 3.63) is 41.2 Å². The summed E-state index contributed by atoms with van der Waals surface area (Å²) in [6.07, 6.45) is 14.8. The average Bonchev–Trinajstić information content (AvgIpc) is 2.85. The summed E-state index contributed by atoms with van der Waals surface area (Å²) < 4.78 is 51.1. The standard InChI is InChI=1S/C30H37F3O/c1-2-6-19-9-11-21(12-10-19)18-34-25-16-15-23-24-17-22(14-13-20-7-4-3-5-8-20)28(31)30(33)27(24)26(23)29(25)32/h15-17,19-21H,2-14,18H2,1H3. The predicted octanol–water partition coefficient (Wildman–Crippen LogP) is 9.25. The molecule has 0 saturated heterocycles. The molecular formula is C30H37F3O. The van der Waals surface area contributed by atoms with Crippen LogP contribution >= 0.6 is 0 Å². The summed E-state index contributed by atoms with van der Waals surface area (Å²) in [6.45, 7) is 2.72. The fraction of sp³-hybridized carbons (Fsp3) is 0.600. The Kier molecular flexibility index (Phi) is 7.22. The van der Waals surface area contributed by atoms with Gasteiger partial charge in [-0.2, -0.15) is 0 Å². The number of halogens is 3. The quantitative estimate of drug-likeness (QED) is 0.319. The molecule has 2 saturated carbocycles. The van der Waals surface area contributed by atoms with Crippen molar-refractivity contribution in [1.29, 1.82) is 0 Å². The van der Waals surface area contributed by atoms with E-state index >= 15 is 8.78 Å². The molecule has 34 heavy (non-hydrogen) atoms. The molecule has 3 aliphatic rings. The van der Waals surface area contributed by atoms with Gasteiger partial charge >= 0.3 is 0 Å². The summed E-state index contributed by atoms with van der Waals surface area (Å²) in [5.74, 6) is -0.264. The van der Waals surface area contributed by atoms with E-state index in [0.29, 0.717) is 41.6 Å². The third kappa shape index (κ3) is 4.62. The molecule has 0 bridgehead atoms. The zero-order valence-corrected chi connectivity index (χ0v) is 20.4. The van der Waals surface area contributed by atoms with Crippen LogP contribution in [0, 0.1) is 35.2 Å².